The van der Waals surface area contributed by atoms with Crippen molar-refractivity contribution in [1.82, 2.24) is 0 Å². The van der Waals surface area contributed by atoms with Crippen LogP contribution in [-0.2, 0) is 6.42 Å². The van der Waals surface area contributed by atoms with Crippen LogP contribution in [0.3, 0.4) is 0 Å². The number of benzene rings is 1. The molecule has 0 aliphatic rings. The third-order valence-electron chi connectivity index (χ3n) is 1.52. The Labute approximate surface area is 75.2 Å². The molecule has 0 bridgehead atoms. The average Bonchev–Trinajstić information content (AvgIpc) is 1.94. The van der Waals surface area contributed by atoms with Crippen LogP contribution in [-0.4, -0.2) is 5.38 Å². The lowest BCUT2D eigenvalue weighted by molar-refractivity contribution is 0.571. The van der Waals surface area contributed by atoms with Crippen LogP contribution in [0.1, 0.15) is 12.5 Å². The van der Waals surface area contributed by atoms with Crippen molar-refractivity contribution < 1.29 is 8.78 Å². The lowest BCUT2D eigenvalue weighted by Gasteiger charge is -2.03. The van der Waals surface area contributed by atoms with Crippen LogP contribution in [0, 0.1) is 11.6 Å². The van der Waals surface area contributed by atoms with Gasteiger partial charge in [0.1, 0.15) is 11.6 Å². The van der Waals surface area contributed by atoms with Crippen molar-refractivity contribution in [3.8, 4) is 0 Å². The van der Waals surface area contributed by atoms with E-state index in [0.29, 0.717) is 12.0 Å². The van der Waals surface area contributed by atoms with Gasteiger partial charge in [0, 0.05) is 11.4 Å². The van der Waals surface area contributed by atoms with Crippen molar-refractivity contribution in [3.05, 3.63) is 35.4 Å². The van der Waals surface area contributed by atoms with Crippen LogP contribution < -0.4 is 0 Å². The highest BCUT2D eigenvalue weighted by atomic mass is 35.5. The summed E-state index contributed by atoms with van der Waals surface area (Å²) in [5, 5.41) is -0.134. The van der Waals surface area contributed by atoms with E-state index in [1.54, 1.807) is 6.92 Å². The molecular formula is C9H9ClF2. The summed E-state index contributed by atoms with van der Waals surface area (Å²) in [5.74, 6) is -1.08. The third kappa shape index (κ3) is 2.45. The molecule has 0 nitrogen and oxygen atoms in total. The topological polar surface area (TPSA) is 0 Å². The maximum absolute atomic E-state index is 12.9. The minimum Gasteiger partial charge on any atom is -0.207 e. The number of alkyl halides is 1. The second-order valence-corrected chi connectivity index (χ2v) is 3.47. The van der Waals surface area contributed by atoms with Crippen LogP contribution in [0.25, 0.3) is 0 Å². The number of hydrogen-bond acceptors (Lipinski definition) is 0. The Hall–Kier alpha value is -0.630. The van der Waals surface area contributed by atoms with E-state index in [4.69, 9.17) is 11.6 Å². The zero-order valence-corrected chi connectivity index (χ0v) is 7.41. The van der Waals surface area contributed by atoms with E-state index >= 15 is 0 Å². The molecule has 1 aromatic rings. The molecule has 1 atom stereocenters. The first kappa shape index (κ1) is 9.46. The Bertz CT molecular complexity index is 271. The van der Waals surface area contributed by atoms with Gasteiger partial charge in [0.25, 0.3) is 0 Å². The Balaban J connectivity index is 2.86. The second-order valence-electron chi connectivity index (χ2n) is 2.72. The van der Waals surface area contributed by atoms with Gasteiger partial charge in [-0.05, 0) is 25.0 Å². The van der Waals surface area contributed by atoms with E-state index in [2.05, 4.69) is 0 Å². The first-order chi connectivity index (χ1) is 5.59. The summed E-state index contributed by atoms with van der Waals surface area (Å²) in [6.07, 6.45) is 0.424. The molecule has 0 amide bonds. The fourth-order valence-corrected chi connectivity index (χ4v) is 1.16. The normalized spacial score (nSPS) is 13.0. The molecule has 0 aromatic heterocycles. The fraction of sp³-hybridized carbons (Fsp3) is 0.333. The Morgan fingerprint density at radius 2 is 2.08 bits per heavy atom. The molecule has 0 saturated carbocycles. The minimum atomic E-state index is -0.557. The van der Waals surface area contributed by atoms with Gasteiger partial charge in [0.05, 0.1) is 0 Å². The molecule has 0 fully saturated rings. The van der Waals surface area contributed by atoms with Gasteiger partial charge >= 0.3 is 0 Å². The number of halogens is 3. The maximum Gasteiger partial charge on any atom is 0.129 e. The van der Waals surface area contributed by atoms with Crippen LogP contribution >= 0.6 is 11.6 Å². The average molecular weight is 191 g/mol. The van der Waals surface area contributed by atoms with Gasteiger partial charge in [-0.3, -0.25) is 0 Å². The molecule has 0 aliphatic heterocycles. The first-order valence-electron chi connectivity index (χ1n) is 3.67. The van der Waals surface area contributed by atoms with Crippen molar-refractivity contribution in [2.24, 2.45) is 0 Å². The molecule has 12 heavy (non-hydrogen) atoms. The Morgan fingerprint density at radius 3 is 2.58 bits per heavy atom. The molecule has 0 spiro atoms. The number of rotatable bonds is 2. The van der Waals surface area contributed by atoms with E-state index in [-0.39, 0.29) is 5.38 Å². The van der Waals surface area contributed by atoms with Gasteiger partial charge in [-0.2, -0.15) is 0 Å². The van der Waals surface area contributed by atoms with Crippen LogP contribution in [0.2, 0.25) is 0 Å². The molecule has 1 unspecified atom stereocenters. The lowest BCUT2D eigenvalue weighted by atomic mass is 10.1. The predicted octanol–water partition coefficient (Wildman–Crippen LogP) is 3.13. The molecular weight excluding hydrogens is 182 g/mol. The summed E-state index contributed by atoms with van der Waals surface area (Å²) in [6, 6.07) is 3.52. The zero-order valence-electron chi connectivity index (χ0n) is 6.65. The van der Waals surface area contributed by atoms with Crippen molar-refractivity contribution >= 4 is 11.6 Å². The predicted molar refractivity (Wildman–Crippen MR) is 45.4 cm³/mol. The van der Waals surface area contributed by atoms with E-state index in [1.807, 2.05) is 0 Å². The highest BCUT2D eigenvalue weighted by Crippen LogP contribution is 2.13. The highest BCUT2D eigenvalue weighted by molar-refractivity contribution is 6.20. The summed E-state index contributed by atoms with van der Waals surface area (Å²) in [6.45, 7) is 1.77. The highest BCUT2D eigenvalue weighted by Gasteiger charge is 2.05. The minimum absolute atomic E-state index is 0.134. The Morgan fingerprint density at radius 1 is 1.42 bits per heavy atom. The van der Waals surface area contributed by atoms with Crippen molar-refractivity contribution in [3.63, 3.8) is 0 Å². The maximum atomic E-state index is 12.9. The molecule has 1 rings (SSSR count). The first-order valence-corrected chi connectivity index (χ1v) is 4.11. The second kappa shape index (κ2) is 3.85. The monoisotopic (exact) mass is 190 g/mol. The summed E-state index contributed by atoms with van der Waals surface area (Å²) in [4.78, 5) is 0. The smallest absolute Gasteiger partial charge is 0.129 e. The van der Waals surface area contributed by atoms with Crippen molar-refractivity contribution in [2.75, 3.05) is 0 Å². The molecule has 1 aromatic carbocycles. The van der Waals surface area contributed by atoms with Gasteiger partial charge in [0.15, 0.2) is 0 Å². The lowest BCUT2D eigenvalue weighted by Crippen LogP contribution is -2.00. The van der Waals surface area contributed by atoms with Crippen LogP contribution in [0.5, 0.6) is 0 Å². The van der Waals surface area contributed by atoms with Gasteiger partial charge in [0.2, 0.25) is 0 Å². The molecule has 0 radical (unpaired) electrons. The van der Waals surface area contributed by atoms with Gasteiger partial charge in [-0.25, -0.2) is 8.78 Å². The van der Waals surface area contributed by atoms with Gasteiger partial charge in [-0.15, -0.1) is 11.6 Å². The number of hydrogen-bond donors (Lipinski definition) is 0. The molecule has 0 heterocycles. The van der Waals surface area contributed by atoms with Crippen molar-refractivity contribution in [2.45, 2.75) is 18.7 Å². The van der Waals surface area contributed by atoms with E-state index in [1.165, 1.54) is 12.1 Å². The van der Waals surface area contributed by atoms with E-state index in [9.17, 15) is 8.78 Å². The standard InChI is InChI=1S/C9H9ClF2/c1-6(10)4-7-2-3-8(11)5-9(7)12/h2-3,5-6H,4H2,1H3. The SMILES string of the molecule is CC(Cl)Cc1ccc(F)cc1F. The largest absolute Gasteiger partial charge is 0.207 e. The van der Waals surface area contributed by atoms with Crippen molar-refractivity contribution in [1.29, 1.82) is 0 Å². The summed E-state index contributed by atoms with van der Waals surface area (Å²) >= 11 is 5.66. The van der Waals surface area contributed by atoms with Gasteiger partial charge < -0.3 is 0 Å². The summed E-state index contributed by atoms with van der Waals surface area (Å²) < 4.78 is 25.3. The molecule has 0 saturated heterocycles. The molecule has 0 N–H and O–H groups in total. The van der Waals surface area contributed by atoms with E-state index < -0.39 is 11.6 Å². The molecule has 0 aliphatic carbocycles. The zero-order chi connectivity index (χ0) is 9.14. The Kier molecular flexibility index (Phi) is 3.04. The molecule has 3 heteroatoms. The van der Waals surface area contributed by atoms with Crippen LogP contribution in [0.15, 0.2) is 18.2 Å². The quantitative estimate of drug-likeness (QED) is 0.629. The third-order valence-corrected chi connectivity index (χ3v) is 1.67. The fourth-order valence-electron chi connectivity index (χ4n) is 0.990. The van der Waals surface area contributed by atoms with Gasteiger partial charge in [-0.1, -0.05) is 6.07 Å². The van der Waals surface area contributed by atoms with E-state index in [0.717, 1.165) is 6.07 Å². The summed E-state index contributed by atoms with van der Waals surface area (Å²) in [7, 11) is 0. The molecule has 66 valence electrons. The summed E-state index contributed by atoms with van der Waals surface area (Å²) in [5.41, 5.74) is 0.457. The van der Waals surface area contributed by atoms with Crippen LogP contribution in [0.4, 0.5) is 8.78 Å².